The molecule has 114 valence electrons. The van der Waals surface area contributed by atoms with Crippen LogP contribution in [0, 0.1) is 6.92 Å². The van der Waals surface area contributed by atoms with Crippen molar-refractivity contribution in [2.24, 2.45) is 0 Å². The van der Waals surface area contributed by atoms with Crippen molar-refractivity contribution in [3.05, 3.63) is 47.7 Å². The Balaban J connectivity index is 1.99. The number of carbonyl (C=O) groups is 1. The number of amides is 1. The van der Waals surface area contributed by atoms with E-state index in [-0.39, 0.29) is 22.5 Å². The Morgan fingerprint density at radius 2 is 2.05 bits per heavy atom. The molecule has 3 aromatic rings. The maximum Gasteiger partial charge on any atom is 0.468 e. The average Bonchev–Trinajstić information content (AvgIpc) is 3.04. The predicted molar refractivity (Wildman–Crippen MR) is 70.4 cm³/mol. The molecule has 0 aliphatic heterocycles. The molecule has 8 heteroatoms. The second kappa shape index (κ2) is 4.90. The molecule has 0 bridgehead atoms. The summed E-state index contributed by atoms with van der Waals surface area (Å²) in [7, 11) is 0. The van der Waals surface area contributed by atoms with Crippen molar-refractivity contribution < 1.29 is 26.8 Å². The first-order valence-electron chi connectivity index (χ1n) is 6.18. The van der Waals surface area contributed by atoms with Crippen LogP contribution in [0.15, 0.2) is 39.4 Å². The topological polar surface area (TPSA) is 68.3 Å². The first-order valence-corrected chi connectivity index (χ1v) is 6.18. The fourth-order valence-electron chi connectivity index (χ4n) is 1.96. The van der Waals surface area contributed by atoms with Crippen LogP contribution in [0.3, 0.4) is 0 Å². The number of hydrogen-bond acceptors (Lipinski definition) is 4. The first-order chi connectivity index (χ1) is 10.4. The number of benzene rings is 1. The van der Waals surface area contributed by atoms with E-state index in [1.807, 2.05) is 0 Å². The molecule has 0 saturated heterocycles. The second-order valence-electron chi connectivity index (χ2n) is 4.56. The number of nitrogens with zero attached hydrogens (tertiary/aromatic N) is 1. The lowest BCUT2D eigenvalue weighted by atomic mass is 10.2. The van der Waals surface area contributed by atoms with Crippen molar-refractivity contribution in [3.63, 3.8) is 0 Å². The number of rotatable bonds is 2. The van der Waals surface area contributed by atoms with Gasteiger partial charge in [0, 0.05) is 5.56 Å². The SMILES string of the molecule is Cc1ccoc1C(=O)Nc1cccc2oc(C(F)(F)F)nc12. The van der Waals surface area contributed by atoms with Crippen LogP contribution in [0.25, 0.3) is 11.1 Å². The van der Waals surface area contributed by atoms with Crippen LogP contribution < -0.4 is 5.32 Å². The molecule has 3 rings (SSSR count). The maximum atomic E-state index is 12.6. The highest BCUT2D eigenvalue weighted by atomic mass is 19.4. The molecule has 0 atom stereocenters. The largest absolute Gasteiger partial charge is 0.468 e. The lowest BCUT2D eigenvalue weighted by molar-refractivity contribution is -0.156. The van der Waals surface area contributed by atoms with Gasteiger partial charge in [-0.25, -0.2) is 4.98 Å². The Morgan fingerprint density at radius 1 is 1.27 bits per heavy atom. The number of para-hydroxylation sites is 1. The van der Waals surface area contributed by atoms with Crippen LogP contribution >= 0.6 is 0 Å². The van der Waals surface area contributed by atoms with Gasteiger partial charge >= 0.3 is 12.1 Å². The summed E-state index contributed by atoms with van der Waals surface area (Å²) in [5, 5.41) is 2.47. The van der Waals surface area contributed by atoms with E-state index >= 15 is 0 Å². The summed E-state index contributed by atoms with van der Waals surface area (Å²) in [5.74, 6) is -1.86. The van der Waals surface area contributed by atoms with E-state index in [0.717, 1.165) is 0 Å². The van der Waals surface area contributed by atoms with Gasteiger partial charge in [0.15, 0.2) is 11.3 Å². The van der Waals surface area contributed by atoms with Gasteiger partial charge < -0.3 is 14.2 Å². The Labute approximate surface area is 121 Å². The summed E-state index contributed by atoms with van der Waals surface area (Å²) in [6, 6.07) is 5.83. The van der Waals surface area contributed by atoms with E-state index in [1.54, 1.807) is 13.0 Å². The van der Waals surface area contributed by atoms with Gasteiger partial charge in [0.1, 0.15) is 5.52 Å². The minimum Gasteiger partial charge on any atom is -0.459 e. The number of anilines is 1. The molecule has 1 aromatic carbocycles. The third kappa shape index (κ3) is 2.43. The van der Waals surface area contributed by atoms with E-state index in [1.165, 1.54) is 24.5 Å². The Bertz CT molecular complexity index is 849. The van der Waals surface area contributed by atoms with Crippen LogP contribution in [0.1, 0.15) is 22.0 Å². The summed E-state index contributed by atoms with van der Waals surface area (Å²) < 4.78 is 47.6. The van der Waals surface area contributed by atoms with Crippen molar-refractivity contribution in [3.8, 4) is 0 Å². The number of nitrogens with one attached hydrogen (secondary N) is 1. The number of alkyl halides is 3. The summed E-state index contributed by atoms with van der Waals surface area (Å²) in [6.45, 7) is 1.68. The highest BCUT2D eigenvalue weighted by molar-refractivity contribution is 6.06. The normalized spacial score (nSPS) is 11.8. The molecule has 2 aromatic heterocycles. The fourth-order valence-corrected chi connectivity index (χ4v) is 1.96. The zero-order chi connectivity index (χ0) is 15.9. The highest BCUT2D eigenvalue weighted by Gasteiger charge is 2.37. The minimum atomic E-state index is -4.70. The smallest absolute Gasteiger partial charge is 0.459 e. The fraction of sp³-hybridized carbons (Fsp3) is 0.143. The lowest BCUT2D eigenvalue weighted by Crippen LogP contribution is -2.12. The molecule has 1 N–H and O–H groups in total. The number of fused-ring (bicyclic) bond motifs is 1. The zero-order valence-electron chi connectivity index (χ0n) is 11.2. The maximum absolute atomic E-state index is 12.6. The Kier molecular flexibility index (Phi) is 3.16. The average molecular weight is 310 g/mol. The van der Waals surface area contributed by atoms with Crippen LogP contribution in [-0.2, 0) is 6.18 Å². The lowest BCUT2D eigenvalue weighted by Gasteiger charge is -2.03. The quantitative estimate of drug-likeness (QED) is 0.777. The molecule has 0 spiro atoms. The summed E-state index contributed by atoms with van der Waals surface area (Å²) in [4.78, 5) is 15.5. The van der Waals surface area contributed by atoms with E-state index in [9.17, 15) is 18.0 Å². The van der Waals surface area contributed by atoms with Gasteiger partial charge in [-0.2, -0.15) is 13.2 Å². The third-order valence-electron chi connectivity index (χ3n) is 2.98. The van der Waals surface area contributed by atoms with Crippen LogP contribution in [0.2, 0.25) is 0 Å². The van der Waals surface area contributed by atoms with Crippen molar-refractivity contribution in [2.75, 3.05) is 5.32 Å². The van der Waals surface area contributed by atoms with Crippen LogP contribution in [0.5, 0.6) is 0 Å². The van der Waals surface area contributed by atoms with Crippen molar-refractivity contribution in [1.29, 1.82) is 0 Å². The standard InChI is InChI=1S/C14H9F3N2O3/c1-7-5-6-21-11(7)12(20)18-8-3-2-4-9-10(8)19-13(22-9)14(15,16)17/h2-6H,1H3,(H,18,20). The summed E-state index contributed by atoms with van der Waals surface area (Å²) in [6.07, 6.45) is -3.35. The number of carbonyl (C=O) groups excluding carboxylic acids is 1. The van der Waals surface area contributed by atoms with E-state index in [2.05, 4.69) is 14.7 Å². The van der Waals surface area contributed by atoms with Gasteiger partial charge in [-0.05, 0) is 25.1 Å². The molecule has 0 aliphatic carbocycles. The van der Waals surface area contributed by atoms with Crippen LogP contribution in [-0.4, -0.2) is 10.9 Å². The minimum absolute atomic E-state index is 0.0682. The third-order valence-corrected chi connectivity index (χ3v) is 2.98. The van der Waals surface area contributed by atoms with Crippen molar-refractivity contribution in [2.45, 2.75) is 13.1 Å². The van der Waals surface area contributed by atoms with E-state index < -0.39 is 18.0 Å². The van der Waals surface area contributed by atoms with Gasteiger partial charge in [-0.3, -0.25) is 4.79 Å². The highest BCUT2D eigenvalue weighted by Crippen LogP contribution is 2.33. The predicted octanol–water partition coefficient (Wildman–Crippen LogP) is 4.00. The molecule has 1 amide bonds. The van der Waals surface area contributed by atoms with Gasteiger partial charge in [-0.15, -0.1) is 0 Å². The van der Waals surface area contributed by atoms with Crippen molar-refractivity contribution >= 4 is 22.7 Å². The van der Waals surface area contributed by atoms with Crippen molar-refractivity contribution in [1.82, 2.24) is 4.98 Å². The van der Waals surface area contributed by atoms with Crippen LogP contribution in [0.4, 0.5) is 18.9 Å². The zero-order valence-corrected chi connectivity index (χ0v) is 11.2. The van der Waals surface area contributed by atoms with Gasteiger partial charge in [0.25, 0.3) is 5.91 Å². The second-order valence-corrected chi connectivity index (χ2v) is 4.56. The van der Waals surface area contributed by atoms with Gasteiger partial charge in [0.2, 0.25) is 0 Å². The first kappa shape index (κ1) is 14.2. The number of aryl methyl sites for hydroxylation is 1. The van der Waals surface area contributed by atoms with E-state index in [0.29, 0.717) is 5.56 Å². The number of hydrogen-bond donors (Lipinski definition) is 1. The molecule has 5 nitrogen and oxygen atoms in total. The molecule has 0 unspecified atom stereocenters. The summed E-state index contributed by atoms with van der Waals surface area (Å²) >= 11 is 0. The molecular formula is C14H9F3N2O3. The molecule has 0 radical (unpaired) electrons. The number of aromatic nitrogens is 1. The molecule has 22 heavy (non-hydrogen) atoms. The number of oxazole rings is 1. The number of furan rings is 1. The molecular weight excluding hydrogens is 301 g/mol. The summed E-state index contributed by atoms with van der Waals surface area (Å²) in [5.41, 5.74) is 0.576. The Hall–Kier alpha value is -2.77. The van der Waals surface area contributed by atoms with E-state index in [4.69, 9.17) is 4.42 Å². The molecule has 0 aliphatic rings. The molecule has 0 saturated carbocycles. The van der Waals surface area contributed by atoms with Gasteiger partial charge in [0.05, 0.1) is 12.0 Å². The van der Waals surface area contributed by atoms with Gasteiger partial charge in [-0.1, -0.05) is 6.07 Å². The monoisotopic (exact) mass is 310 g/mol. The molecule has 0 fully saturated rings. The number of halogens is 3. The Morgan fingerprint density at radius 3 is 2.68 bits per heavy atom. The molecule has 2 heterocycles.